The van der Waals surface area contributed by atoms with E-state index in [2.05, 4.69) is 20.5 Å². The van der Waals surface area contributed by atoms with Crippen LogP contribution >= 0.6 is 11.8 Å². The van der Waals surface area contributed by atoms with Gasteiger partial charge in [0.1, 0.15) is 11.3 Å². The second kappa shape index (κ2) is 11.4. The zero-order valence-corrected chi connectivity index (χ0v) is 19.6. The standard InChI is InChI=1S/C24H24N4O5S/c1-30-18-9-8-16(13-20(18)31-2)10-12-25-21(29)15-34-24-28-27-22(33-24)14-32-19-7-3-5-17-6-4-11-26-23(17)19/h3-9,11,13H,10,12,14-15H2,1-2H3,(H,25,29). The summed E-state index contributed by atoms with van der Waals surface area (Å²) in [6, 6.07) is 15.2. The SMILES string of the molecule is COc1ccc(CCNC(=O)CSc2nnc(COc3cccc4cccnc34)o2)cc1OC. The molecular weight excluding hydrogens is 456 g/mol. The fourth-order valence-corrected chi connectivity index (χ4v) is 3.86. The van der Waals surface area contributed by atoms with Crippen LogP contribution in [-0.4, -0.2) is 47.6 Å². The van der Waals surface area contributed by atoms with Crippen molar-refractivity contribution in [1.82, 2.24) is 20.5 Å². The van der Waals surface area contributed by atoms with E-state index in [0.29, 0.717) is 41.3 Å². The number of benzene rings is 2. The molecule has 0 aliphatic carbocycles. The maximum atomic E-state index is 12.2. The number of methoxy groups -OCH3 is 2. The molecular formula is C24H24N4O5S. The predicted molar refractivity (Wildman–Crippen MR) is 127 cm³/mol. The summed E-state index contributed by atoms with van der Waals surface area (Å²) in [4.78, 5) is 16.5. The number of fused-ring (bicyclic) bond motifs is 1. The number of hydrogen-bond donors (Lipinski definition) is 1. The Balaban J connectivity index is 1.21. The molecule has 0 unspecified atom stereocenters. The normalized spacial score (nSPS) is 10.8. The molecule has 2 aromatic carbocycles. The molecule has 0 aliphatic heterocycles. The molecule has 0 spiro atoms. The van der Waals surface area contributed by atoms with Crippen LogP contribution in [0.25, 0.3) is 10.9 Å². The summed E-state index contributed by atoms with van der Waals surface area (Å²) in [5.41, 5.74) is 1.80. The van der Waals surface area contributed by atoms with Gasteiger partial charge in [-0.3, -0.25) is 9.78 Å². The van der Waals surface area contributed by atoms with Gasteiger partial charge in [-0.25, -0.2) is 0 Å². The molecule has 4 aromatic rings. The van der Waals surface area contributed by atoms with E-state index in [-0.39, 0.29) is 18.3 Å². The van der Waals surface area contributed by atoms with Crippen LogP contribution in [0.3, 0.4) is 0 Å². The molecule has 10 heteroatoms. The van der Waals surface area contributed by atoms with Gasteiger partial charge >= 0.3 is 0 Å². The Morgan fingerprint density at radius 3 is 2.74 bits per heavy atom. The van der Waals surface area contributed by atoms with Gasteiger partial charge in [-0.15, -0.1) is 10.2 Å². The largest absolute Gasteiger partial charge is 0.493 e. The lowest BCUT2D eigenvalue weighted by Gasteiger charge is -2.10. The molecule has 0 bridgehead atoms. The zero-order chi connectivity index (χ0) is 23.8. The highest BCUT2D eigenvalue weighted by Crippen LogP contribution is 2.27. The molecule has 1 amide bonds. The first-order valence-corrected chi connectivity index (χ1v) is 11.5. The summed E-state index contributed by atoms with van der Waals surface area (Å²) in [5.74, 6) is 2.34. The van der Waals surface area contributed by atoms with Gasteiger partial charge in [0.05, 0.1) is 20.0 Å². The van der Waals surface area contributed by atoms with E-state index in [1.165, 1.54) is 11.8 Å². The van der Waals surface area contributed by atoms with Crippen molar-refractivity contribution in [2.75, 3.05) is 26.5 Å². The Labute approximate surface area is 200 Å². The number of ether oxygens (including phenoxy) is 3. The third-order valence-electron chi connectivity index (χ3n) is 4.91. The Morgan fingerprint density at radius 1 is 1.03 bits per heavy atom. The van der Waals surface area contributed by atoms with Crippen LogP contribution < -0.4 is 19.5 Å². The van der Waals surface area contributed by atoms with Crippen molar-refractivity contribution in [2.45, 2.75) is 18.3 Å². The number of para-hydroxylation sites is 1. The highest BCUT2D eigenvalue weighted by atomic mass is 32.2. The number of aromatic nitrogens is 3. The minimum Gasteiger partial charge on any atom is -0.493 e. The first-order valence-electron chi connectivity index (χ1n) is 10.6. The third kappa shape index (κ3) is 5.96. The number of nitrogens with one attached hydrogen (secondary N) is 1. The number of thioether (sulfide) groups is 1. The molecule has 176 valence electrons. The van der Waals surface area contributed by atoms with Gasteiger partial charge in [0.2, 0.25) is 5.91 Å². The van der Waals surface area contributed by atoms with Crippen molar-refractivity contribution in [3.63, 3.8) is 0 Å². The summed E-state index contributed by atoms with van der Waals surface area (Å²) in [5, 5.41) is 12.1. The smallest absolute Gasteiger partial charge is 0.277 e. The number of carbonyl (C=O) groups is 1. The van der Waals surface area contributed by atoms with Crippen LogP contribution in [0.2, 0.25) is 0 Å². The van der Waals surface area contributed by atoms with Crippen LogP contribution in [0.4, 0.5) is 0 Å². The van der Waals surface area contributed by atoms with Crippen LogP contribution in [0.5, 0.6) is 17.2 Å². The van der Waals surface area contributed by atoms with Crippen LogP contribution in [0.1, 0.15) is 11.5 Å². The maximum absolute atomic E-state index is 12.2. The maximum Gasteiger partial charge on any atom is 0.277 e. The van der Waals surface area contributed by atoms with Crippen molar-refractivity contribution < 1.29 is 23.4 Å². The molecule has 0 aliphatic rings. The van der Waals surface area contributed by atoms with Gasteiger partial charge in [0, 0.05) is 18.1 Å². The van der Waals surface area contributed by atoms with Gasteiger partial charge in [-0.2, -0.15) is 0 Å². The summed E-state index contributed by atoms with van der Waals surface area (Å²) in [6.45, 7) is 0.609. The lowest BCUT2D eigenvalue weighted by molar-refractivity contribution is -0.118. The van der Waals surface area contributed by atoms with E-state index in [1.54, 1.807) is 20.4 Å². The highest BCUT2D eigenvalue weighted by Gasteiger charge is 2.12. The summed E-state index contributed by atoms with van der Waals surface area (Å²) < 4.78 is 21.9. The Bertz CT molecular complexity index is 1260. The van der Waals surface area contributed by atoms with E-state index < -0.39 is 0 Å². The van der Waals surface area contributed by atoms with E-state index in [1.807, 2.05) is 48.5 Å². The van der Waals surface area contributed by atoms with E-state index in [4.69, 9.17) is 18.6 Å². The Morgan fingerprint density at radius 2 is 1.88 bits per heavy atom. The van der Waals surface area contributed by atoms with E-state index in [9.17, 15) is 4.79 Å². The Hall–Kier alpha value is -3.79. The second-order valence-corrected chi connectivity index (χ2v) is 8.09. The van der Waals surface area contributed by atoms with Crippen molar-refractivity contribution in [1.29, 1.82) is 0 Å². The fourth-order valence-electron chi connectivity index (χ4n) is 3.25. The van der Waals surface area contributed by atoms with Crippen molar-refractivity contribution in [3.8, 4) is 17.2 Å². The van der Waals surface area contributed by atoms with Crippen LogP contribution in [0, 0.1) is 0 Å². The molecule has 0 atom stereocenters. The second-order valence-electron chi connectivity index (χ2n) is 7.16. The minimum absolute atomic E-state index is 0.112. The molecule has 0 fully saturated rings. The van der Waals surface area contributed by atoms with E-state index in [0.717, 1.165) is 16.5 Å². The number of amides is 1. The van der Waals surface area contributed by atoms with Gasteiger partial charge in [0.25, 0.3) is 11.1 Å². The number of rotatable bonds is 11. The van der Waals surface area contributed by atoms with Crippen LogP contribution in [0.15, 0.2) is 64.4 Å². The summed E-state index contributed by atoms with van der Waals surface area (Å²) in [7, 11) is 3.19. The number of carbonyl (C=O) groups excluding carboxylic acids is 1. The van der Waals surface area contributed by atoms with Gasteiger partial charge in [0.15, 0.2) is 18.1 Å². The molecule has 2 aromatic heterocycles. The molecule has 0 saturated heterocycles. The van der Waals surface area contributed by atoms with Crippen molar-refractivity contribution in [3.05, 3.63) is 66.2 Å². The number of pyridine rings is 1. The third-order valence-corrected chi connectivity index (χ3v) is 5.72. The topological polar surface area (TPSA) is 109 Å². The molecule has 34 heavy (non-hydrogen) atoms. The lowest BCUT2D eigenvalue weighted by Crippen LogP contribution is -2.27. The monoisotopic (exact) mass is 480 g/mol. The highest BCUT2D eigenvalue weighted by molar-refractivity contribution is 7.99. The number of nitrogens with zero attached hydrogens (tertiary/aromatic N) is 3. The first-order chi connectivity index (χ1) is 16.7. The van der Waals surface area contributed by atoms with Gasteiger partial charge < -0.3 is 23.9 Å². The molecule has 0 saturated carbocycles. The summed E-state index contributed by atoms with van der Waals surface area (Å²) in [6.07, 6.45) is 2.39. The van der Waals surface area contributed by atoms with Crippen LogP contribution in [-0.2, 0) is 17.8 Å². The predicted octanol–water partition coefficient (Wildman–Crippen LogP) is 3.67. The molecule has 1 N–H and O–H groups in total. The molecule has 0 radical (unpaired) electrons. The van der Waals surface area contributed by atoms with Crippen molar-refractivity contribution >= 4 is 28.6 Å². The first kappa shape index (κ1) is 23.4. The average molecular weight is 481 g/mol. The number of hydrogen-bond acceptors (Lipinski definition) is 9. The van der Waals surface area contributed by atoms with Gasteiger partial charge in [-0.05, 0) is 36.2 Å². The Kier molecular flexibility index (Phi) is 7.82. The van der Waals surface area contributed by atoms with Gasteiger partial charge in [-0.1, -0.05) is 36.0 Å². The van der Waals surface area contributed by atoms with E-state index >= 15 is 0 Å². The van der Waals surface area contributed by atoms with Crippen molar-refractivity contribution in [2.24, 2.45) is 0 Å². The lowest BCUT2D eigenvalue weighted by atomic mass is 10.1. The zero-order valence-electron chi connectivity index (χ0n) is 18.8. The quantitative estimate of drug-likeness (QED) is 0.322. The summed E-state index contributed by atoms with van der Waals surface area (Å²) >= 11 is 1.17. The minimum atomic E-state index is -0.122. The fraction of sp³-hybridized carbons (Fsp3) is 0.250. The molecule has 2 heterocycles. The molecule has 4 rings (SSSR count). The average Bonchev–Trinajstić information content (AvgIpc) is 3.34. The molecule has 9 nitrogen and oxygen atoms in total.